The van der Waals surface area contributed by atoms with E-state index in [2.05, 4.69) is 20.9 Å². The molecular formula is C28H28F2N8O3. The van der Waals surface area contributed by atoms with E-state index in [1.165, 1.54) is 19.1 Å². The van der Waals surface area contributed by atoms with Crippen molar-refractivity contribution in [2.75, 3.05) is 18.0 Å². The van der Waals surface area contributed by atoms with Crippen LogP contribution in [0, 0.1) is 18.6 Å². The number of anilines is 1. The lowest BCUT2D eigenvalue weighted by Gasteiger charge is -2.36. The molecule has 1 aromatic carbocycles. The lowest BCUT2D eigenvalue weighted by molar-refractivity contribution is -0.119. The van der Waals surface area contributed by atoms with Crippen LogP contribution in [-0.4, -0.2) is 55.7 Å². The Hall–Kier alpha value is -4.52. The van der Waals surface area contributed by atoms with Crippen LogP contribution >= 0.6 is 0 Å². The fraction of sp³-hybridized carbons (Fsp3) is 0.357. The number of carbonyl (C=O) groups is 2. The first-order chi connectivity index (χ1) is 19.7. The Kier molecular flexibility index (Phi) is 6.81. The molecule has 6 rings (SSSR count). The summed E-state index contributed by atoms with van der Waals surface area (Å²) in [7, 11) is 0. The number of nitrogens with zero attached hydrogens (tertiary/aromatic N) is 6. The number of aryl methyl sites for hydroxylation is 1. The molecule has 2 fully saturated rings. The molecule has 0 bridgehead atoms. The molecule has 1 saturated heterocycles. The van der Waals surface area contributed by atoms with Gasteiger partial charge < -0.3 is 9.64 Å². The maximum absolute atomic E-state index is 15.1. The number of rotatable bonds is 5. The topological polar surface area (TPSA) is 127 Å². The minimum atomic E-state index is -0.818. The molecule has 1 aliphatic heterocycles. The van der Waals surface area contributed by atoms with Gasteiger partial charge in [-0.3, -0.25) is 25.1 Å². The summed E-state index contributed by atoms with van der Waals surface area (Å²) in [5.74, 6) is -2.32. The van der Waals surface area contributed by atoms with E-state index >= 15 is 4.39 Å². The summed E-state index contributed by atoms with van der Waals surface area (Å²) >= 11 is 0. The third kappa shape index (κ3) is 5.44. The zero-order valence-electron chi connectivity index (χ0n) is 22.7. The van der Waals surface area contributed by atoms with Crippen LogP contribution in [0.4, 0.5) is 14.7 Å². The zero-order chi connectivity index (χ0) is 28.8. The Balaban J connectivity index is 1.43. The van der Waals surface area contributed by atoms with Gasteiger partial charge in [-0.15, -0.1) is 0 Å². The molecule has 2 atom stereocenters. The van der Waals surface area contributed by atoms with E-state index in [4.69, 9.17) is 14.7 Å². The van der Waals surface area contributed by atoms with Crippen molar-refractivity contribution < 1.29 is 23.1 Å². The minimum absolute atomic E-state index is 0.0301. The largest absolute Gasteiger partial charge is 0.367 e. The molecule has 4 heterocycles. The van der Waals surface area contributed by atoms with Gasteiger partial charge in [-0.25, -0.2) is 18.7 Å². The van der Waals surface area contributed by atoms with E-state index in [1.54, 1.807) is 6.92 Å². The summed E-state index contributed by atoms with van der Waals surface area (Å²) in [6.07, 6.45) is 5.61. The van der Waals surface area contributed by atoms with Gasteiger partial charge in [0.2, 0.25) is 11.9 Å². The number of aromatic nitrogens is 5. The standard InChI is InChI=1S/C28H28F2N8O3/c1-14-11-37(13-24(41-14)17-10-31-38(12-17)19-5-6-19)28-33-25(20-7-4-18(29)8-23(20)30)22-9-21(15(2)32-26(22)34-28)27(40)36-35-16(3)39/h4,7-10,12,14,19,24H,5-6,11,13H2,1-3H3,(H,35,39)(H,36,40)/t14-,24-/m1/s1. The number of nitrogens with one attached hydrogen (secondary N) is 2. The van der Waals surface area contributed by atoms with Gasteiger partial charge in [-0.05, 0) is 44.9 Å². The first-order valence-corrected chi connectivity index (χ1v) is 13.3. The van der Waals surface area contributed by atoms with Gasteiger partial charge in [0.25, 0.3) is 5.91 Å². The van der Waals surface area contributed by atoms with Crippen molar-refractivity contribution in [3.8, 4) is 11.3 Å². The van der Waals surface area contributed by atoms with Crippen molar-refractivity contribution in [2.24, 2.45) is 0 Å². The first kappa shape index (κ1) is 26.7. The number of carbonyl (C=O) groups excluding carboxylic acids is 2. The number of fused-ring (bicyclic) bond motifs is 1. The Bertz CT molecular complexity index is 1670. The number of hydrogen-bond acceptors (Lipinski definition) is 8. The molecule has 0 spiro atoms. The number of hydrogen-bond donors (Lipinski definition) is 2. The number of hydrazine groups is 1. The molecule has 41 heavy (non-hydrogen) atoms. The quantitative estimate of drug-likeness (QED) is 0.354. The molecule has 2 aliphatic rings. The molecule has 0 radical (unpaired) electrons. The average Bonchev–Trinajstić information content (AvgIpc) is 3.66. The molecule has 4 aromatic rings. The average molecular weight is 563 g/mol. The molecule has 2 N–H and O–H groups in total. The van der Waals surface area contributed by atoms with Gasteiger partial charge in [-0.2, -0.15) is 10.1 Å². The van der Waals surface area contributed by atoms with Crippen LogP contribution < -0.4 is 15.8 Å². The van der Waals surface area contributed by atoms with Crippen LogP contribution in [0.5, 0.6) is 0 Å². The summed E-state index contributed by atoms with van der Waals surface area (Å²) in [6, 6.07) is 5.15. The molecular weight excluding hydrogens is 534 g/mol. The number of benzene rings is 1. The summed E-state index contributed by atoms with van der Waals surface area (Å²) in [6.45, 7) is 5.74. The lowest BCUT2D eigenvalue weighted by Crippen LogP contribution is -2.43. The highest BCUT2D eigenvalue weighted by Gasteiger charge is 2.32. The molecule has 13 heteroatoms. The van der Waals surface area contributed by atoms with E-state index in [-0.39, 0.29) is 34.7 Å². The highest BCUT2D eigenvalue weighted by Crippen LogP contribution is 2.36. The molecule has 1 saturated carbocycles. The maximum atomic E-state index is 15.1. The SMILES string of the molecule is CC(=O)NNC(=O)c1cc2c(-c3ccc(F)cc3F)nc(N3C[C@@H](C)O[C@@H](c4cnn(C5CC5)c4)C3)nc2nc1C. The predicted molar refractivity (Wildman–Crippen MR) is 145 cm³/mol. The normalized spacial score (nSPS) is 18.9. The summed E-state index contributed by atoms with van der Waals surface area (Å²) in [5.41, 5.74) is 6.40. The van der Waals surface area contributed by atoms with Crippen molar-refractivity contribution in [1.82, 2.24) is 35.6 Å². The van der Waals surface area contributed by atoms with Crippen LogP contribution in [0.1, 0.15) is 60.5 Å². The van der Waals surface area contributed by atoms with Crippen LogP contribution in [0.3, 0.4) is 0 Å². The highest BCUT2D eigenvalue weighted by molar-refractivity contribution is 6.01. The molecule has 11 nitrogen and oxygen atoms in total. The number of ether oxygens (including phenoxy) is 1. The monoisotopic (exact) mass is 562 g/mol. The number of pyridine rings is 1. The fourth-order valence-electron chi connectivity index (χ4n) is 4.96. The van der Waals surface area contributed by atoms with Crippen LogP contribution in [0.2, 0.25) is 0 Å². The third-order valence-corrected chi connectivity index (χ3v) is 7.11. The van der Waals surface area contributed by atoms with E-state index in [9.17, 15) is 14.0 Å². The Morgan fingerprint density at radius 2 is 1.88 bits per heavy atom. The van der Waals surface area contributed by atoms with Gasteiger partial charge >= 0.3 is 0 Å². The van der Waals surface area contributed by atoms with Crippen LogP contribution in [-0.2, 0) is 9.53 Å². The van der Waals surface area contributed by atoms with Crippen LogP contribution in [0.25, 0.3) is 22.3 Å². The van der Waals surface area contributed by atoms with Gasteiger partial charge in [0, 0.05) is 42.2 Å². The predicted octanol–water partition coefficient (Wildman–Crippen LogP) is 3.56. The van der Waals surface area contributed by atoms with E-state index in [1.807, 2.05) is 28.9 Å². The maximum Gasteiger partial charge on any atom is 0.271 e. The van der Waals surface area contributed by atoms with Crippen molar-refractivity contribution in [3.05, 3.63) is 65.1 Å². The second kappa shape index (κ2) is 10.5. The van der Waals surface area contributed by atoms with Gasteiger partial charge in [0.1, 0.15) is 17.7 Å². The lowest BCUT2D eigenvalue weighted by atomic mass is 10.0. The molecule has 212 valence electrons. The molecule has 2 amide bonds. The van der Waals surface area contributed by atoms with Gasteiger partial charge in [0.15, 0.2) is 5.65 Å². The Morgan fingerprint density at radius 1 is 1.07 bits per heavy atom. The molecule has 3 aromatic heterocycles. The smallest absolute Gasteiger partial charge is 0.271 e. The van der Waals surface area contributed by atoms with Crippen LogP contribution in [0.15, 0.2) is 36.7 Å². The van der Waals surface area contributed by atoms with E-state index in [0.717, 1.165) is 30.5 Å². The first-order valence-electron chi connectivity index (χ1n) is 13.3. The van der Waals surface area contributed by atoms with Crippen molar-refractivity contribution in [2.45, 2.75) is 51.9 Å². The Morgan fingerprint density at radius 3 is 2.61 bits per heavy atom. The van der Waals surface area contributed by atoms with E-state index < -0.39 is 23.4 Å². The fourth-order valence-corrected chi connectivity index (χ4v) is 4.96. The summed E-state index contributed by atoms with van der Waals surface area (Å²) < 4.78 is 37.1. The number of halogens is 2. The second-order valence-electron chi connectivity index (χ2n) is 10.4. The van der Waals surface area contributed by atoms with Crippen molar-refractivity contribution in [3.63, 3.8) is 0 Å². The third-order valence-electron chi connectivity index (χ3n) is 7.11. The zero-order valence-corrected chi connectivity index (χ0v) is 22.7. The molecule has 0 unspecified atom stereocenters. The minimum Gasteiger partial charge on any atom is -0.367 e. The van der Waals surface area contributed by atoms with Gasteiger partial charge in [0.05, 0.1) is 41.8 Å². The van der Waals surface area contributed by atoms with Gasteiger partial charge in [-0.1, -0.05) is 0 Å². The Labute approximate surface area is 233 Å². The number of amides is 2. The molecule has 1 aliphatic carbocycles. The summed E-state index contributed by atoms with van der Waals surface area (Å²) in [5, 5.41) is 4.78. The second-order valence-corrected chi connectivity index (χ2v) is 10.4. The van der Waals surface area contributed by atoms with Crippen molar-refractivity contribution >= 4 is 28.8 Å². The highest BCUT2D eigenvalue weighted by atomic mass is 19.1. The van der Waals surface area contributed by atoms with Crippen molar-refractivity contribution in [1.29, 1.82) is 0 Å². The number of morpholine rings is 1. The summed E-state index contributed by atoms with van der Waals surface area (Å²) in [4.78, 5) is 40.0. The van der Waals surface area contributed by atoms with E-state index in [0.29, 0.717) is 36.2 Å².